The summed E-state index contributed by atoms with van der Waals surface area (Å²) >= 11 is 0. The molecule has 3 amide bonds. The van der Waals surface area contributed by atoms with Crippen LogP contribution in [0.4, 0.5) is 10.5 Å². The van der Waals surface area contributed by atoms with Gasteiger partial charge in [-0.3, -0.25) is 4.79 Å². The van der Waals surface area contributed by atoms with E-state index in [1.165, 1.54) is 0 Å². The quantitative estimate of drug-likeness (QED) is 0.878. The number of likely N-dealkylation sites (tertiary alicyclic amines) is 1. The molecule has 5 nitrogen and oxygen atoms in total. The Morgan fingerprint density at radius 2 is 1.77 bits per heavy atom. The molecule has 5 heteroatoms. The van der Waals surface area contributed by atoms with E-state index in [0.717, 1.165) is 31.6 Å². The standard InChI is InChI=1S/C17H25N3O2/c1-13(2)12-15(16(21)20-10-6-7-11-20)19-17(22)18-14-8-4-3-5-9-14/h3-5,8-9,13,15H,6-7,10-12H2,1-2H3,(H2,18,19,22)/t15-/m0/s1. The molecule has 1 aromatic carbocycles. The number of benzene rings is 1. The van der Waals surface area contributed by atoms with Crippen LogP contribution in [0.25, 0.3) is 0 Å². The Morgan fingerprint density at radius 3 is 2.36 bits per heavy atom. The summed E-state index contributed by atoms with van der Waals surface area (Å²) in [6.07, 6.45) is 2.75. The number of para-hydroxylation sites is 1. The van der Waals surface area contributed by atoms with Gasteiger partial charge in [-0.05, 0) is 37.3 Å². The maximum atomic E-state index is 12.6. The van der Waals surface area contributed by atoms with E-state index in [0.29, 0.717) is 12.3 Å². The van der Waals surface area contributed by atoms with Crippen molar-refractivity contribution in [2.24, 2.45) is 5.92 Å². The van der Waals surface area contributed by atoms with Gasteiger partial charge in [0.2, 0.25) is 5.91 Å². The molecule has 2 rings (SSSR count). The van der Waals surface area contributed by atoms with Crippen LogP contribution >= 0.6 is 0 Å². The molecule has 0 radical (unpaired) electrons. The van der Waals surface area contributed by atoms with Crippen molar-refractivity contribution in [3.63, 3.8) is 0 Å². The van der Waals surface area contributed by atoms with Crippen LogP contribution in [0.2, 0.25) is 0 Å². The van der Waals surface area contributed by atoms with Crippen LogP contribution < -0.4 is 10.6 Å². The molecule has 22 heavy (non-hydrogen) atoms. The Kier molecular flexibility index (Phi) is 5.81. The van der Waals surface area contributed by atoms with Gasteiger partial charge in [-0.1, -0.05) is 32.0 Å². The first-order chi connectivity index (χ1) is 10.6. The summed E-state index contributed by atoms with van der Waals surface area (Å²) in [7, 11) is 0. The highest BCUT2D eigenvalue weighted by atomic mass is 16.2. The Balaban J connectivity index is 1.96. The largest absolute Gasteiger partial charge is 0.341 e. The normalized spacial score (nSPS) is 15.7. The molecule has 1 aliphatic rings. The fourth-order valence-corrected chi connectivity index (χ4v) is 2.70. The monoisotopic (exact) mass is 303 g/mol. The number of amides is 3. The average molecular weight is 303 g/mol. The Hall–Kier alpha value is -2.04. The van der Waals surface area contributed by atoms with Crippen molar-refractivity contribution in [2.75, 3.05) is 18.4 Å². The third-order valence-corrected chi connectivity index (χ3v) is 3.76. The number of nitrogens with one attached hydrogen (secondary N) is 2. The second-order valence-corrected chi connectivity index (χ2v) is 6.18. The van der Waals surface area contributed by atoms with E-state index in [4.69, 9.17) is 0 Å². The fourth-order valence-electron chi connectivity index (χ4n) is 2.70. The van der Waals surface area contributed by atoms with E-state index in [9.17, 15) is 9.59 Å². The topological polar surface area (TPSA) is 61.4 Å². The number of carbonyl (C=O) groups is 2. The molecular formula is C17H25N3O2. The molecule has 0 saturated carbocycles. The van der Waals surface area contributed by atoms with E-state index in [1.807, 2.05) is 35.2 Å². The lowest BCUT2D eigenvalue weighted by atomic mass is 10.0. The first kappa shape index (κ1) is 16.3. The Morgan fingerprint density at radius 1 is 1.14 bits per heavy atom. The zero-order valence-electron chi connectivity index (χ0n) is 13.3. The lowest BCUT2D eigenvalue weighted by molar-refractivity contribution is -0.132. The molecule has 2 N–H and O–H groups in total. The maximum absolute atomic E-state index is 12.6. The van der Waals surface area contributed by atoms with Crippen LogP contribution in [-0.4, -0.2) is 36.0 Å². The molecule has 1 aliphatic heterocycles. The highest BCUT2D eigenvalue weighted by Gasteiger charge is 2.28. The van der Waals surface area contributed by atoms with Gasteiger partial charge < -0.3 is 15.5 Å². The third kappa shape index (κ3) is 4.76. The SMILES string of the molecule is CC(C)C[C@H](NC(=O)Nc1ccccc1)C(=O)N1CCCC1. The summed E-state index contributed by atoms with van der Waals surface area (Å²) in [5.74, 6) is 0.378. The summed E-state index contributed by atoms with van der Waals surface area (Å²) < 4.78 is 0. The van der Waals surface area contributed by atoms with Crippen LogP contribution in [0.3, 0.4) is 0 Å². The molecular weight excluding hydrogens is 278 g/mol. The Labute approximate surface area is 132 Å². The molecule has 1 saturated heterocycles. The van der Waals surface area contributed by atoms with Gasteiger partial charge in [0.1, 0.15) is 6.04 Å². The average Bonchev–Trinajstić information content (AvgIpc) is 3.00. The van der Waals surface area contributed by atoms with Crippen LogP contribution in [0, 0.1) is 5.92 Å². The van der Waals surface area contributed by atoms with Gasteiger partial charge in [0, 0.05) is 18.8 Å². The molecule has 0 aromatic heterocycles. The zero-order valence-corrected chi connectivity index (χ0v) is 13.3. The minimum atomic E-state index is -0.457. The molecule has 120 valence electrons. The Bertz CT molecular complexity index is 496. The highest BCUT2D eigenvalue weighted by molar-refractivity contribution is 5.93. The smallest absolute Gasteiger partial charge is 0.319 e. The van der Waals surface area contributed by atoms with Gasteiger partial charge in [0.05, 0.1) is 0 Å². The van der Waals surface area contributed by atoms with Gasteiger partial charge in [-0.2, -0.15) is 0 Å². The summed E-state index contributed by atoms with van der Waals surface area (Å²) in [6.45, 7) is 5.72. The summed E-state index contributed by atoms with van der Waals surface area (Å²) in [6, 6.07) is 8.46. The van der Waals surface area contributed by atoms with Crippen molar-refractivity contribution in [3.05, 3.63) is 30.3 Å². The number of nitrogens with zero attached hydrogens (tertiary/aromatic N) is 1. The molecule has 0 unspecified atom stereocenters. The minimum Gasteiger partial charge on any atom is -0.341 e. The molecule has 0 bridgehead atoms. The van der Waals surface area contributed by atoms with Crippen molar-refractivity contribution in [3.8, 4) is 0 Å². The predicted molar refractivity (Wildman–Crippen MR) is 87.7 cm³/mol. The molecule has 1 atom stereocenters. The first-order valence-corrected chi connectivity index (χ1v) is 7.97. The lowest BCUT2D eigenvalue weighted by Crippen LogP contribution is -2.49. The number of carbonyl (C=O) groups excluding carboxylic acids is 2. The van der Waals surface area contributed by atoms with E-state index in [-0.39, 0.29) is 11.9 Å². The van der Waals surface area contributed by atoms with Gasteiger partial charge >= 0.3 is 6.03 Å². The van der Waals surface area contributed by atoms with Gasteiger partial charge in [0.25, 0.3) is 0 Å². The number of hydrogen-bond donors (Lipinski definition) is 2. The second-order valence-electron chi connectivity index (χ2n) is 6.18. The van der Waals surface area contributed by atoms with Crippen LogP contribution in [-0.2, 0) is 4.79 Å². The molecule has 1 fully saturated rings. The lowest BCUT2D eigenvalue weighted by Gasteiger charge is -2.25. The minimum absolute atomic E-state index is 0.0365. The van der Waals surface area contributed by atoms with Crippen LogP contribution in [0.15, 0.2) is 30.3 Å². The highest BCUT2D eigenvalue weighted by Crippen LogP contribution is 2.14. The van der Waals surface area contributed by atoms with E-state index >= 15 is 0 Å². The maximum Gasteiger partial charge on any atom is 0.319 e. The predicted octanol–water partition coefficient (Wildman–Crippen LogP) is 2.85. The number of rotatable bonds is 5. The van der Waals surface area contributed by atoms with Crippen molar-refractivity contribution in [1.29, 1.82) is 0 Å². The number of anilines is 1. The van der Waals surface area contributed by atoms with E-state index < -0.39 is 6.04 Å². The molecule has 1 heterocycles. The van der Waals surface area contributed by atoms with E-state index in [1.54, 1.807) is 0 Å². The van der Waals surface area contributed by atoms with Crippen molar-refractivity contribution >= 4 is 17.6 Å². The van der Waals surface area contributed by atoms with E-state index in [2.05, 4.69) is 24.5 Å². The summed E-state index contributed by atoms with van der Waals surface area (Å²) in [4.78, 5) is 26.5. The first-order valence-electron chi connectivity index (χ1n) is 7.97. The third-order valence-electron chi connectivity index (χ3n) is 3.76. The zero-order chi connectivity index (χ0) is 15.9. The van der Waals surface area contributed by atoms with Crippen LogP contribution in [0.1, 0.15) is 33.1 Å². The van der Waals surface area contributed by atoms with Crippen molar-refractivity contribution < 1.29 is 9.59 Å². The van der Waals surface area contributed by atoms with Gasteiger partial charge in [-0.15, -0.1) is 0 Å². The fraction of sp³-hybridized carbons (Fsp3) is 0.529. The molecule has 1 aromatic rings. The van der Waals surface area contributed by atoms with Gasteiger partial charge in [-0.25, -0.2) is 4.79 Å². The van der Waals surface area contributed by atoms with Crippen LogP contribution in [0.5, 0.6) is 0 Å². The van der Waals surface area contributed by atoms with Crippen molar-refractivity contribution in [2.45, 2.75) is 39.2 Å². The summed E-state index contributed by atoms with van der Waals surface area (Å²) in [5.41, 5.74) is 0.719. The number of urea groups is 1. The second kappa shape index (κ2) is 7.82. The molecule has 0 aliphatic carbocycles. The summed E-state index contributed by atoms with van der Waals surface area (Å²) in [5, 5.41) is 5.60. The molecule has 0 spiro atoms. The number of hydrogen-bond acceptors (Lipinski definition) is 2. The van der Waals surface area contributed by atoms with Crippen molar-refractivity contribution in [1.82, 2.24) is 10.2 Å². The van der Waals surface area contributed by atoms with Gasteiger partial charge in [0.15, 0.2) is 0 Å².